The zero-order valence-electron chi connectivity index (χ0n) is 12.4. The molecule has 1 aromatic heterocycles. The van der Waals surface area contributed by atoms with Crippen LogP contribution in [0.5, 0.6) is 5.75 Å². The van der Waals surface area contributed by atoms with Gasteiger partial charge < -0.3 is 13.7 Å². The van der Waals surface area contributed by atoms with Crippen molar-refractivity contribution in [3.05, 3.63) is 59.1 Å². The number of carbonyl (C=O) groups is 1. The number of fused-ring (bicyclic) bond motifs is 1. The van der Waals surface area contributed by atoms with Gasteiger partial charge in [-0.2, -0.15) is 8.42 Å². The first-order valence-corrected chi connectivity index (χ1v) is 8.66. The Hall–Kier alpha value is -2.58. The molecule has 1 N–H and O–H groups in total. The van der Waals surface area contributed by atoms with E-state index in [1.165, 1.54) is 30.5 Å². The predicted octanol–water partition coefficient (Wildman–Crippen LogP) is 3.62. The lowest BCUT2D eigenvalue weighted by atomic mass is 10.1. The van der Waals surface area contributed by atoms with Gasteiger partial charge in [0, 0.05) is 22.0 Å². The van der Waals surface area contributed by atoms with E-state index in [1.807, 2.05) is 0 Å². The molecule has 0 fully saturated rings. The second kappa shape index (κ2) is 6.38. The summed E-state index contributed by atoms with van der Waals surface area (Å²) in [4.78, 5) is 10.1. The Labute approximate surface area is 146 Å². The molecule has 0 spiro atoms. The minimum absolute atomic E-state index is 0.0550. The number of aliphatic carboxylic acids is 1. The Morgan fingerprint density at radius 1 is 1.24 bits per heavy atom. The Kier molecular flexibility index (Phi) is 4.40. The number of carboxylic acid groups (broad SMARTS) is 1. The van der Waals surface area contributed by atoms with Crippen LogP contribution < -0.4 is 4.18 Å². The average molecular weight is 385 g/mol. The molecular weight excluding hydrogens is 375 g/mol. The fourth-order valence-corrected chi connectivity index (χ4v) is 3.40. The van der Waals surface area contributed by atoms with Gasteiger partial charge in [0.25, 0.3) is 0 Å². The summed E-state index contributed by atoms with van der Waals surface area (Å²) < 4.78 is 48.4. The Morgan fingerprint density at radius 2 is 2.00 bits per heavy atom. The van der Waals surface area contributed by atoms with Crippen molar-refractivity contribution in [2.45, 2.75) is 11.3 Å². The highest BCUT2D eigenvalue weighted by atomic mass is 35.5. The zero-order chi connectivity index (χ0) is 18.2. The highest BCUT2D eigenvalue weighted by molar-refractivity contribution is 7.87. The molecule has 9 heteroatoms. The van der Waals surface area contributed by atoms with Crippen molar-refractivity contribution in [2.75, 3.05) is 0 Å². The van der Waals surface area contributed by atoms with Gasteiger partial charge in [-0.15, -0.1) is 0 Å². The van der Waals surface area contributed by atoms with E-state index in [0.717, 1.165) is 12.1 Å². The summed E-state index contributed by atoms with van der Waals surface area (Å²) in [5.74, 6) is -2.16. The van der Waals surface area contributed by atoms with Crippen molar-refractivity contribution in [1.29, 1.82) is 0 Å². The largest absolute Gasteiger partial charge is 0.481 e. The van der Waals surface area contributed by atoms with Crippen LogP contribution >= 0.6 is 11.6 Å². The molecule has 0 aliphatic carbocycles. The van der Waals surface area contributed by atoms with Gasteiger partial charge >= 0.3 is 16.1 Å². The van der Waals surface area contributed by atoms with Crippen LogP contribution in [-0.2, 0) is 21.3 Å². The minimum atomic E-state index is -4.41. The molecular formula is C16H10ClFO6S. The first-order chi connectivity index (χ1) is 11.8. The number of rotatable bonds is 5. The highest BCUT2D eigenvalue weighted by Gasteiger charge is 2.22. The number of benzene rings is 2. The molecule has 0 atom stereocenters. The zero-order valence-corrected chi connectivity index (χ0v) is 14.0. The molecule has 0 amide bonds. The van der Waals surface area contributed by atoms with E-state index >= 15 is 0 Å². The van der Waals surface area contributed by atoms with Crippen molar-refractivity contribution < 1.29 is 31.3 Å². The van der Waals surface area contributed by atoms with Gasteiger partial charge in [-0.1, -0.05) is 11.6 Å². The van der Waals surface area contributed by atoms with Crippen LogP contribution in [0, 0.1) is 5.82 Å². The Balaban J connectivity index is 1.93. The first-order valence-electron chi connectivity index (χ1n) is 6.88. The van der Waals surface area contributed by atoms with Gasteiger partial charge in [0.05, 0.1) is 12.7 Å². The quantitative estimate of drug-likeness (QED) is 0.675. The third kappa shape index (κ3) is 3.59. The second-order valence-corrected chi connectivity index (χ2v) is 7.05. The molecule has 2 aromatic carbocycles. The summed E-state index contributed by atoms with van der Waals surface area (Å²) in [6, 6.07) is 7.19. The van der Waals surface area contributed by atoms with Crippen molar-refractivity contribution in [3.63, 3.8) is 0 Å². The molecule has 3 rings (SSSR count). The van der Waals surface area contributed by atoms with Gasteiger partial charge in [-0.25, -0.2) is 4.39 Å². The molecule has 130 valence electrons. The van der Waals surface area contributed by atoms with E-state index in [1.54, 1.807) is 0 Å². The van der Waals surface area contributed by atoms with Gasteiger partial charge in [-0.3, -0.25) is 4.79 Å². The van der Waals surface area contributed by atoms with Gasteiger partial charge in [-0.05, 0) is 30.3 Å². The van der Waals surface area contributed by atoms with Crippen LogP contribution in [0.25, 0.3) is 11.0 Å². The van der Waals surface area contributed by atoms with Gasteiger partial charge in [0.1, 0.15) is 22.0 Å². The fourth-order valence-electron chi connectivity index (χ4n) is 2.26. The van der Waals surface area contributed by atoms with E-state index in [9.17, 15) is 17.6 Å². The van der Waals surface area contributed by atoms with Crippen LogP contribution in [-0.4, -0.2) is 19.5 Å². The van der Waals surface area contributed by atoms with E-state index in [0.29, 0.717) is 10.9 Å². The molecule has 3 aromatic rings. The third-order valence-electron chi connectivity index (χ3n) is 3.34. The Morgan fingerprint density at radius 3 is 2.68 bits per heavy atom. The molecule has 1 heterocycles. The maximum atomic E-state index is 13.8. The van der Waals surface area contributed by atoms with E-state index in [2.05, 4.69) is 0 Å². The smallest absolute Gasteiger partial charge is 0.342 e. The van der Waals surface area contributed by atoms with Gasteiger partial charge in [0.15, 0.2) is 0 Å². The van der Waals surface area contributed by atoms with Crippen molar-refractivity contribution >= 4 is 38.7 Å². The second-order valence-electron chi connectivity index (χ2n) is 5.10. The molecule has 0 aliphatic heterocycles. The van der Waals surface area contributed by atoms with E-state index in [4.69, 9.17) is 25.3 Å². The standard InChI is InChI=1S/C16H10ClFO6S/c17-10-1-4-15(13(18)6-10)25(21,22)24-11-2-3-12-9(5-16(19)20)8-23-14(12)7-11/h1-4,6-8H,5H2,(H,19,20). The maximum absolute atomic E-state index is 13.8. The average Bonchev–Trinajstić information content (AvgIpc) is 2.88. The number of carboxylic acids is 1. The van der Waals surface area contributed by atoms with Crippen LogP contribution in [0.1, 0.15) is 5.56 Å². The highest BCUT2D eigenvalue weighted by Crippen LogP contribution is 2.28. The van der Waals surface area contributed by atoms with Crippen LogP contribution in [0.4, 0.5) is 4.39 Å². The van der Waals surface area contributed by atoms with Crippen LogP contribution in [0.15, 0.2) is 52.0 Å². The monoisotopic (exact) mass is 384 g/mol. The summed E-state index contributed by atoms with van der Waals surface area (Å²) in [5.41, 5.74) is 0.696. The van der Waals surface area contributed by atoms with Crippen molar-refractivity contribution in [3.8, 4) is 5.75 Å². The lowest BCUT2D eigenvalue weighted by Gasteiger charge is -2.08. The summed E-state index contributed by atoms with van der Waals surface area (Å²) in [6.45, 7) is 0. The Bertz CT molecular complexity index is 1070. The summed E-state index contributed by atoms with van der Waals surface area (Å²) >= 11 is 5.60. The normalized spacial score (nSPS) is 11.6. The topological polar surface area (TPSA) is 93.8 Å². The van der Waals surface area contributed by atoms with Crippen LogP contribution in [0.2, 0.25) is 5.02 Å². The van der Waals surface area contributed by atoms with Crippen LogP contribution in [0.3, 0.4) is 0 Å². The summed E-state index contributed by atoms with van der Waals surface area (Å²) in [7, 11) is -4.41. The molecule has 0 aliphatic rings. The number of halogens is 2. The fraction of sp³-hybridized carbons (Fsp3) is 0.0625. The molecule has 0 unspecified atom stereocenters. The summed E-state index contributed by atoms with van der Waals surface area (Å²) in [6.07, 6.45) is 1.04. The maximum Gasteiger partial charge on any atom is 0.342 e. The van der Waals surface area contributed by atoms with E-state index < -0.39 is 26.8 Å². The first kappa shape index (κ1) is 17.2. The van der Waals surface area contributed by atoms with Crippen molar-refractivity contribution in [1.82, 2.24) is 0 Å². The molecule has 0 bridgehead atoms. The van der Waals surface area contributed by atoms with Gasteiger partial charge in [0.2, 0.25) is 0 Å². The third-order valence-corrected chi connectivity index (χ3v) is 4.85. The van der Waals surface area contributed by atoms with Crippen molar-refractivity contribution in [2.24, 2.45) is 0 Å². The molecule has 25 heavy (non-hydrogen) atoms. The molecule has 6 nitrogen and oxygen atoms in total. The number of furan rings is 1. The predicted molar refractivity (Wildman–Crippen MR) is 86.8 cm³/mol. The summed E-state index contributed by atoms with van der Waals surface area (Å²) in [5, 5.41) is 9.41. The lowest BCUT2D eigenvalue weighted by molar-refractivity contribution is -0.136. The molecule has 0 saturated carbocycles. The minimum Gasteiger partial charge on any atom is -0.481 e. The SMILES string of the molecule is O=C(O)Cc1coc2cc(OS(=O)(=O)c3ccc(Cl)cc3F)ccc12. The number of hydrogen-bond acceptors (Lipinski definition) is 5. The molecule has 0 saturated heterocycles. The number of hydrogen-bond donors (Lipinski definition) is 1. The molecule has 0 radical (unpaired) electrons. The van der Waals surface area contributed by atoms with E-state index in [-0.39, 0.29) is 22.8 Å². The lowest BCUT2D eigenvalue weighted by Crippen LogP contribution is -2.11.